The fourth-order valence-corrected chi connectivity index (χ4v) is 3.95. The maximum atomic E-state index is 12.6. The predicted molar refractivity (Wildman–Crippen MR) is 92.4 cm³/mol. The quantitative estimate of drug-likeness (QED) is 0.685. The molecule has 1 aliphatic rings. The molecule has 24 heavy (non-hydrogen) atoms. The second-order valence-electron chi connectivity index (χ2n) is 5.48. The third kappa shape index (κ3) is 2.70. The van der Waals surface area contributed by atoms with Crippen LogP contribution in [0.2, 0.25) is 0 Å². The van der Waals surface area contributed by atoms with Gasteiger partial charge in [-0.2, -0.15) is 0 Å². The van der Waals surface area contributed by atoms with Crippen molar-refractivity contribution >= 4 is 33.3 Å². The number of carbonyl (C=O) groups excluding carboxylic acids is 1. The van der Waals surface area contributed by atoms with Gasteiger partial charge < -0.3 is 0 Å². The van der Waals surface area contributed by atoms with Crippen LogP contribution in [0.25, 0.3) is 10.4 Å². The molecule has 0 aromatic heterocycles. The molecule has 0 fully saturated rings. The number of fused-ring (bicyclic) bond motifs is 1. The average molecular weight is 338 g/mol. The predicted octanol–water partition coefficient (Wildman–Crippen LogP) is 3.49. The second-order valence-corrected chi connectivity index (χ2v) is 7.16. The van der Waals surface area contributed by atoms with Crippen molar-refractivity contribution in [1.82, 2.24) is 0 Å². The van der Waals surface area contributed by atoms with Gasteiger partial charge in [0.15, 0.2) is 5.69 Å². The van der Waals surface area contributed by atoms with Gasteiger partial charge in [0.05, 0.1) is 17.2 Å². The first-order valence-electron chi connectivity index (χ1n) is 7.25. The number of benzene rings is 2. The van der Waals surface area contributed by atoms with Crippen molar-refractivity contribution in [3.05, 3.63) is 70.6 Å². The Morgan fingerprint density at radius 3 is 2.75 bits per heavy atom. The number of aryl methyl sites for hydroxylation is 1. The molecule has 1 N–H and O–H groups in total. The Morgan fingerprint density at radius 1 is 1.25 bits per heavy atom. The highest BCUT2D eigenvalue weighted by atomic mass is 32.2. The summed E-state index contributed by atoms with van der Waals surface area (Å²) in [6, 6.07) is 9.35. The van der Waals surface area contributed by atoms with Gasteiger partial charge in [0, 0.05) is 5.57 Å². The molecule has 0 amide bonds. The van der Waals surface area contributed by atoms with E-state index in [0.717, 1.165) is 23.0 Å². The van der Waals surface area contributed by atoms with E-state index in [2.05, 4.69) is 9.57 Å². The summed E-state index contributed by atoms with van der Waals surface area (Å²) in [4.78, 5) is 14.5. The van der Waals surface area contributed by atoms with Crippen molar-refractivity contribution in [3.63, 3.8) is 0 Å². The van der Waals surface area contributed by atoms with E-state index in [0.29, 0.717) is 17.7 Å². The molecule has 0 atom stereocenters. The van der Waals surface area contributed by atoms with E-state index in [4.69, 9.17) is 6.57 Å². The number of rotatable bonds is 4. The van der Waals surface area contributed by atoms with Gasteiger partial charge in [-0.3, -0.25) is 9.52 Å². The molecule has 0 heterocycles. The fraction of sp³-hybridized carbons (Fsp3) is 0.111. The van der Waals surface area contributed by atoms with Crippen molar-refractivity contribution in [2.45, 2.75) is 18.2 Å². The summed E-state index contributed by atoms with van der Waals surface area (Å²) in [5.41, 5.74) is 3.81. The third-order valence-electron chi connectivity index (χ3n) is 3.96. The molecule has 6 heteroatoms. The summed E-state index contributed by atoms with van der Waals surface area (Å²) in [5, 5.41) is 0. The number of allylic oxidation sites excluding steroid dienone is 2. The first kappa shape index (κ1) is 16.0. The summed E-state index contributed by atoms with van der Waals surface area (Å²) in [6.07, 6.45) is 3.09. The lowest BCUT2D eigenvalue weighted by atomic mass is 9.99. The van der Waals surface area contributed by atoms with Gasteiger partial charge in [0.1, 0.15) is 6.29 Å². The lowest BCUT2D eigenvalue weighted by Gasteiger charge is -2.14. The number of aldehydes is 1. The van der Waals surface area contributed by atoms with Crippen LogP contribution in [0, 0.1) is 13.5 Å². The van der Waals surface area contributed by atoms with Crippen molar-refractivity contribution in [2.24, 2.45) is 0 Å². The Kier molecular flexibility index (Phi) is 3.96. The van der Waals surface area contributed by atoms with E-state index in [1.807, 2.05) is 6.92 Å². The minimum atomic E-state index is -3.81. The number of anilines is 1. The van der Waals surface area contributed by atoms with Gasteiger partial charge in [0.2, 0.25) is 0 Å². The summed E-state index contributed by atoms with van der Waals surface area (Å²) in [7, 11) is -3.81. The lowest BCUT2D eigenvalue weighted by Crippen LogP contribution is -2.14. The Hall–Kier alpha value is -2.91. The molecular weight excluding hydrogens is 324 g/mol. The molecular formula is C18H14N2O3S. The van der Waals surface area contributed by atoms with Crippen LogP contribution in [-0.4, -0.2) is 14.7 Å². The smallest absolute Gasteiger partial charge is 0.260 e. The third-order valence-corrected chi connectivity index (χ3v) is 5.33. The lowest BCUT2D eigenvalue weighted by molar-refractivity contribution is -0.103. The molecule has 0 saturated heterocycles. The molecule has 0 bridgehead atoms. The van der Waals surface area contributed by atoms with Crippen molar-refractivity contribution < 1.29 is 13.2 Å². The number of nitrogens with one attached hydrogen (secondary N) is 1. The van der Waals surface area contributed by atoms with Crippen LogP contribution in [0.1, 0.15) is 16.7 Å². The summed E-state index contributed by atoms with van der Waals surface area (Å²) in [5.74, 6) is 0. The Morgan fingerprint density at radius 2 is 2.04 bits per heavy atom. The van der Waals surface area contributed by atoms with Crippen LogP contribution in [0.3, 0.4) is 0 Å². The van der Waals surface area contributed by atoms with Crippen LogP contribution in [0.15, 0.2) is 47.4 Å². The van der Waals surface area contributed by atoms with Gasteiger partial charge >= 0.3 is 0 Å². The molecule has 5 nitrogen and oxygen atoms in total. The van der Waals surface area contributed by atoms with E-state index in [1.54, 1.807) is 24.3 Å². The SMILES string of the molecule is [C-]#[N+]c1cccc(S(=O)(=O)Nc2ccc(C)c3c2CC=C3C=O)c1. The normalized spacial score (nSPS) is 12.9. The topological polar surface area (TPSA) is 67.6 Å². The molecule has 3 rings (SSSR count). The first-order valence-corrected chi connectivity index (χ1v) is 8.73. The minimum Gasteiger partial charge on any atom is -0.298 e. The first-order chi connectivity index (χ1) is 11.5. The molecule has 0 aliphatic heterocycles. The molecule has 0 saturated carbocycles. The zero-order chi connectivity index (χ0) is 17.3. The van der Waals surface area contributed by atoms with E-state index < -0.39 is 10.0 Å². The molecule has 120 valence electrons. The minimum absolute atomic E-state index is 0.0342. The number of hydrogen-bond donors (Lipinski definition) is 1. The summed E-state index contributed by atoms with van der Waals surface area (Å²) >= 11 is 0. The van der Waals surface area contributed by atoms with Crippen LogP contribution in [0.4, 0.5) is 11.4 Å². The van der Waals surface area contributed by atoms with Crippen LogP contribution < -0.4 is 4.72 Å². The van der Waals surface area contributed by atoms with Gasteiger partial charge in [0.25, 0.3) is 10.0 Å². The largest absolute Gasteiger partial charge is 0.298 e. The van der Waals surface area contributed by atoms with Crippen LogP contribution in [-0.2, 0) is 21.2 Å². The highest BCUT2D eigenvalue weighted by Gasteiger charge is 2.22. The molecule has 0 radical (unpaired) electrons. The van der Waals surface area contributed by atoms with Gasteiger partial charge in [-0.1, -0.05) is 24.3 Å². The Balaban J connectivity index is 2.02. The molecule has 2 aromatic carbocycles. The Labute approximate surface area is 140 Å². The highest BCUT2D eigenvalue weighted by molar-refractivity contribution is 7.92. The maximum Gasteiger partial charge on any atom is 0.260 e. The average Bonchev–Trinajstić information content (AvgIpc) is 3.02. The van der Waals surface area contributed by atoms with Gasteiger partial charge in [-0.05, 0) is 48.2 Å². The van der Waals surface area contributed by atoms with E-state index >= 15 is 0 Å². The second kappa shape index (κ2) is 5.95. The van der Waals surface area contributed by atoms with Crippen LogP contribution in [0.5, 0.6) is 0 Å². The fourth-order valence-electron chi connectivity index (χ4n) is 2.82. The number of carbonyl (C=O) groups is 1. The number of nitrogens with zero attached hydrogens (tertiary/aromatic N) is 1. The van der Waals surface area contributed by atoms with Crippen molar-refractivity contribution in [3.8, 4) is 0 Å². The van der Waals surface area contributed by atoms with Gasteiger partial charge in [-0.25, -0.2) is 13.3 Å². The van der Waals surface area contributed by atoms with E-state index in [-0.39, 0.29) is 10.6 Å². The van der Waals surface area contributed by atoms with Crippen LogP contribution >= 0.6 is 0 Å². The summed E-state index contributed by atoms with van der Waals surface area (Å²) < 4.78 is 27.8. The molecule has 0 spiro atoms. The molecule has 2 aromatic rings. The number of sulfonamides is 1. The zero-order valence-corrected chi connectivity index (χ0v) is 13.7. The maximum absolute atomic E-state index is 12.6. The Bertz CT molecular complexity index is 1020. The van der Waals surface area contributed by atoms with Gasteiger partial charge in [-0.15, -0.1) is 0 Å². The van der Waals surface area contributed by atoms with E-state index in [1.165, 1.54) is 18.2 Å². The van der Waals surface area contributed by atoms with E-state index in [9.17, 15) is 13.2 Å². The highest BCUT2D eigenvalue weighted by Crippen LogP contribution is 2.35. The molecule has 0 unspecified atom stereocenters. The molecule has 1 aliphatic carbocycles. The van der Waals surface area contributed by atoms with Crippen molar-refractivity contribution in [1.29, 1.82) is 0 Å². The zero-order valence-electron chi connectivity index (χ0n) is 12.9. The number of hydrogen-bond acceptors (Lipinski definition) is 3. The monoisotopic (exact) mass is 338 g/mol. The standard InChI is InChI=1S/C18H14N2O3S/c1-12-6-9-17(16-8-7-13(11-21)18(12)16)20-24(22,23)15-5-3-4-14(10-15)19-2/h3-7,9-11,20H,8H2,1H3. The van der Waals surface area contributed by atoms with Crippen molar-refractivity contribution in [2.75, 3.05) is 4.72 Å². The summed E-state index contributed by atoms with van der Waals surface area (Å²) in [6.45, 7) is 8.89.